The zero-order valence-electron chi connectivity index (χ0n) is 11.8. The Kier molecular flexibility index (Phi) is 4.47. The van der Waals surface area contributed by atoms with E-state index in [1.165, 1.54) is 19.1 Å². The summed E-state index contributed by atoms with van der Waals surface area (Å²) in [6.07, 6.45) is -0.565. The molecule has 1 N–H and O–H groups in total. The molecule has 0 fully saturated rings. The molecule has 0 aliphatic heterocycles. The minimum atomic E-state index is -1.71. The monoisotopic (exact) mass is 285 g/mol. The molecule has 20 heavy (non-hydrogen) atoms. The van der Waals surface area contributed by atoms with Crippen LogP contribution >= 0.6 is 0 Å². The molecule has 6 heteroatoms. The number of ether oxygens (including phenoxy) is 1. The van der Waals surface area contributed by atoms with Crippen LogP contribution < -0.4 is 5.32 Å². The first-order valence-corrected chi connectivity index (χ1v) is 6.01. The molecular weight excluding hydrogens is 268 g/mol. The molecule has 110 valence electrons. The van der Waals surface area contributed by atoms with Gasteiger partial charge in [0.25, 0.3) is 0 Å². The third-order valence-corrected chi connectivity index (χ3v) is 2.51. The SMILES string of the molecule is CC(C)(C)OC(=O)NC(C)(C=O)c1cccc(F)c1F. The molecule has 1 atom stereocenters. The number of carbonyl (C=O) groups excluding carboxylic acids is 2. The van der Waals surface area contributed by atoms with Gasteiger partial charge in [-0.3, -0.25) is 0 Å². The molecule has 0 heterocycles. The van der Waals surface area contributed by atoms with Gasteiger partial charge in [0.1, 0.15) is 17.4 Å². The predicted octanol–water partition coefficient (Wildman–Crippen LogP) is 2.90. The quantitative estimate of drug-likeness (QED) is 0.869. The molecule has 0 radical (unpaired) electrons. The molecule has 1 rings (SSSR count). The Morgan fingerprint density at radius 2 is 1.85 bits per heavy atom. The van der Waals surface area contributed by atoms with E-state index < -0.39 is 28.9 Å². The number of carbonyl (C=O) groups is 2. The van der Waals surface area contributed by atoms with E-state index in [9.17, 15) is 18.4 Å². The topological polar surface area (TPSA) is 55.4 Å². The van der Waals surface area contributed by atoms with Crippen LogP contribution in [0.2, 0.25) is 0 Å². The maximum absolute atomic E-state index is 13.7. The van der Waals surface area contributed by atoms with Crippen LogP contribution in [-0.4, -0.2) is 18.0 Å². The van der Waals surface area contributed by atoms with Gasteiger partial charge < -0.3 is 14.8 Å². The summed E-state index contributed by atoms with van der Waals surface area (Å²) in [6.45, 7) is 6.20. The molecule has 0 saturated carbocycles. The lowest BCUT2D eigenvalue weighted by Crippen LogP contribution is -2.47. The van der Waals surface area contributed by atoms with Crippen molar-refractivity contribution < 1.29 is 23.1 Å². The fraction of sp³-hybridized carbons (Fsp3) is 0.429. The zero-order chi connectivity index (χ0) is 15.6. The molecule has 1 aromatic rings. The highest BCUT2D eigenvalue weighted by molar-refractivity contribution is 5.78. The first kappa shape index (κ1) is 16.1. The predicted molar refractivity (Wildman–Crippen MR) is 69.1 cm³/mol. The lowest BCUT2D eigenvalue weighted by Gasteiger charge is -2.28. The Morgan fingerprint density at radius 3 is 2.35 bits per heavy atom. The Bertz CT molecular complexity index is 526. The summed E-state index contributed by atoms with van der Waals surface area (Å²) in [5.41, 5.74) is -2.75. The van der Waals surface area contributed by atoms with Crippen LogP contribution in [0.15, 0.2) is 18.2 Å². The van der Waals surface area contributed by atoms with Crippen molar-refractivity contribution in [2.45, 2.75) is 38.8 Å². The van der Waals surface area contributed by atoms with E-state index in [2.05, 4.69) is 5.32 Å². The summed E-state index contributed by atoms with van der Waals surface area (Å²) in [5, 5.41) is 2.25. The zero-order valence-corrected chi connectivity index (χ0v) is 11.8. The first-order valence-electron chi connectivity index (χ1n) is 6.01. The fourth-order valence-corrected chi connectivity index (χ4v) is 1.58. The van der Waals surface area contributed by atoms with Gasteiger partial charge in [-0.2, -0.15) is 0 Å². The van der Waals surface area contributed by atoms with Gasteiger partial charge in [-0.1, -0.05) is 12.1 Å². The number of halogens is 2. The average molecular weight is 285 g/mol. The van der Waals surface area contributed by atoms with Gasteiger partial charge >= 0.3 is 6.09 Å². The van der Waals surface area contributed by atoms with Gasteiger partial charge in [-0.05, 0) is 33.8 Å². The lowest BCUT2D eigenvalue weighted by atomic mass is 9.93. The van der Waals surface area contributed by atoms with E-state index in [0.29, 0.717) is 6.29 Å². The van der Waals surface area contributed by atoms with Crippen molar-refractivity contribution in [1.82, 2.24) is 5.32 Å². The molecule has 0 spiro atoms. The standard InChI is InChI=1S/C14H17F2NO3/c1-13(2,3)20-12(19)17-14(4,8-18)9-6-5-7-10(15)11(9)16/h5-8H,1-4H3,(H,17,19). The second-order valence-corrected chi connectivity index (χ2v) is 5.55. The van der Waals surface area contributed by atoms with Crippen LogP contribution in [0.1, 0.15) is 33.3 Å². The number of hydrogen-bond donors (Lipinski definition) is 1. The highest BCUT2D eigenvalue weighted by Gasteiger charge is 2.33. The van der Waals surface area contributed by atoms with E-state index in [-0.39, 0.29) is 5.56 Å². The molecule has 4 nitrogen and oxygen atoms in total. The number of alkyl carbamates (subject to hydrolysis) is 1. The molecule has 1 unspecified atom stereocenters. The van der Waals surface area contributed by atoms with Gasteiger partial charge in [0.2, 0.25) is 0 Å². The van der Waals surface area contributed by atoms with Crippen LogP contribution in [-0.2, 0) is 15.1 Å². The van der Waals surface area contributed by atoms with Gasteiger partial charge in [0.05, 0.1) is 0 Å². The number of benzene rings is 1. The number of hydrogen-bond acceptors (Lipinski definition) is 3. The summed E-state index contributed by atoms with van der Waals surface area (Å²) < 4.78 is 32.0. The lowest BCUT2D eigenvalue weighted by molar-refractivity contribution is -0.113. The first-order chi connectivity index (χ1) is 9.09. The third kappa shape index (κ3) is 3.76. The van der Waals surface area contributed by atoms with Crippen molar-refractivity contribution in [3.8, 4) is 0 Å². The van der Waals surface area contributed by atoms with Crippen LogP contribution in [0.25, 0.3) is 0 Å². The number of nitrogens with one attached hydrogen (secondary N) is 1. The van der Waals surface area contributed by atoms with Crippen molar-refractivity contribution in [3.63, 3.8) is 0 Å². The molecular formula is C14H17F2NO3. The largest absolute Gasteiger partial charge is 0.444 e. The normalized spacial score (nSPS) is 14.3. The summed E-state index contributed by atoms with van der Waals surface area (Å²) >= 11 is 0. The van der Waals surface area contributed by atoms with Gasteiger partial charge in [0, 0.05) is 5.56 Å². The van der Waals surface area contributed by atoms with Crippen molar-refractivity contribution >= 4 is 12.4 Å². The van der Waals surface area contributed by atoms with Crippen LogP contribution in [0.3, 0.4) is 0 Å². The summed E-state index contributed by atoms with van der Waals surface area (Å²) in [4.78, 5) is 22.9. The van der Waals surface area contributed by atoms with Crippen LogP contribution in [0, 0.1) is 11.6 Å². The van der Waals surface area contributed by atoms with E-state index in [1.54, 1.807) is 20.8 Å². The van der Waals surface area contributed by atoms with Gasteiger partial charge in [-0.15, -0.1) is 0 Å². The molecule has 0 bridgehead atoms. The number of aldehydes is 1. The summed E-state index contributed by atoms with van der Waals surface area (Å²) in [5.74, 6) is -2.28. The van der Waals surface area contributed by atoms with Gasteiger partial charge in [0.15, 0.2) is 11.6 Å². The minimum Gasteiger partial charge on any atom is -0.444 e. The highest BCUT2D eigenvalue weighted by Crippen LogP contribution is 2.24. The minimum absolute atomic E-state index is 0.265. The maximum Gasteiger partial charge on any atom is 0.408 e. The van der Waals surface area contributed by atoms with E-state index in [0.717, 1.165) is 6.07 Å². The molecule has 1 amide bonds. The van der Waals surface area contributed by atoms with E-state index >= 15 is 0 Å². The Hall–Kier alpha value is -1.98. The second kappa shape index (κ2) is 5.56. The van der Waals surface area contributed by atoms with Crippen molar-refractivity contribution in [1.29, 1.82) is 0 Å². The van der Waals surface area contributed by atoms with Gasteiger partial charge in [-0.25, -0.2) is 13.6 Å². The summed E-state index contributed by atoms with van der Waals surface area (Å²) in [7, 11) is 0. The molecule has 1 aromatic carbocycles. The van der Waals surface area contributed by atoms with Crippen LogP contribution in [0.4, 0.5) is 13.6 Å². The third-order valence-electron chi connectivity index (χ3n) is 2.51. The average Bonchev–Trinajstić information content (AvgIpc) is 2.29. The number of amides is 1. The molecule has 0 aromatic heterocycles. The van der Waals surface area contributed by atoms with Crippen LogP contribution in [0.5, 0.6) is 0 Å². The van der Waals surface area contributed by atoms with E-state index in [1.807, 2.05) is 0 Å². The second-order valence-electron chi connectivity index (χ2n) is 5.55. The number of rotatable bonds is 3. The van der Waals surface area contributed by atoms with E-state index in [4.69, 9.17) is 4.74 Å². The van der Waals surface area contributed by atoms with Crippen molar-refractivity contribution in [2.24, 2.45) is 0 Å². The Morgan fingerprint density at radius 1 is 1.25 bits per heavy atom. The summed E-state index contributed by atoms with van der Waals surface area (Å²) in [6, 6.07) is 3.41. The molecule has 0 aliphatic rings. The Labute approximate surface area is 116 Å². The van der Waals surface area contributed by atoms with Crippen molar-refractivity contribution in [3.05, 3.63) is 35.4 Å². The smallest absolute Gasteiger partial charge is 0.408 e. The Balaban J connectivity index is 3.06. The maximum atomic E-state index is 13.7. The molecule has 0 aliphatic carbocycles. The van der Waals surface area contributed by atoms with Crippen molar-refractivity contribution in [2.75, 3.05) is 0 Å². The molecule has 0 saturated heterocycles. The highest BCUT2D eigenvalue weighted by atomic mass is 19.2. The fourth-order valence-electron chi connectivity index (χ4n) is 1.58.